The van der Waals surface area contributed by atoms with Gasteiger partial charge in [0, 0.05) is 5.56 Å². The van der Waals surface area contributed by atoms with Gasteiger partial charge in [-0.05, 0) is 42.5 Å². The highest BCUT2D eigenvalue weighted by molar-refractivity contribution is 7.16. The van der Waals surface area contributed by atoms with Gasteiger partial charge in [-0.15, -0.1) is 0 Å². The van der Waals surface area contributed by atoms with Crippen LogP contribution in [0.15, 0.2) is 60.7 Å². The van der Waals surface area contributed by atoms with Gasteiger partial charge in [-0.25, -0.2) is 14.0 Å². The van der Waals surface area contributed by atoms with Gasteiger partial charge >= 0.3 is 11.9 Å². The van der Waals surface area contributed by atoms with Crippen LogP contribution in [0, 0.1) is 5.82 Å². The average molecular weight is 444 g/mol. The van der Waals surface area contributed by atoms with Gasteiger partial charge in [0.2, 0.25) is 0 Å². The lowest BCUT2D eigenvalue weighted by Crippen LogP contribution is -2.11. The first-order valence-electron chi connectivity index (χ1n) is 9.07. The molecule has 2 aromatic carbocycles. The molecule has 0 aliphatic heterocycles. The van der Waals surface area contributed by atoms with Gasteiger partial charge in [0.1, 0.15) is 31.4 Å². The van der Waals surface area contributed by atoms with Crippen molar-refractivity contribution >= 4 is 29.1 Å². The van der Waals surface area contributed by atoms with Gasteiger partial charge < -0.3 is 19.3 Å². The molecule has 0 aliphatic carbocycles. The van der Waals surface area contributed by atoms with Crippen LogP contribution in [-0.4, -0.2) is 36.0 Å². The van der Waals surface area contributed by atoms with Gasteiger partial charge in [0.05, 0.1) is 10.4 Å². The molecule has 7 nitrogen and oxygen atoms in total. The number of ketones is 1. The molecule has 1 aromatic heterocycles. The summed E-state index contributed by atoms with van der Waals surface area (Å²) in [5.74, 6) is -3.02. The van der Waals surface area contributed by atoms with Gasteiger partial charge in [-0.1, -0.05) is 29.5 Å². The normalized spacial score (nSPS) is 10.4. The fourth-order valence-corrected chi connectivity index (χ4v) is 3.31. The van der Waals surface area contributed by atoms with Crippen molar-refractivity contribution in [3.8, 4) is 10.8 Å². The van der Waals surface area contributed by atoms with E-state index >= 15 is 0 Å². The van der Waals surface area contributed by atoms with E-state index in [0.717, 1.165) is 11.3 Å². The molecular weight excluding hydrogens is 427 g/mol. The molecule has 0 saturated heterocycles. The van der Waals surface area contributed by atoms with E-state index in [1.807, 2.05) is 0 Å². The van der Waals surface area contributed by atoms with Crippen LogP contribution in [-0.2, 0) is 16.1 Å². The van der Waals surface area contributed by atoms with E-state index in [-0.39, 0.29) is 30.3 Å². The van der Waals surface area contributed by atoms with Gasteiger partial charge in [0.25, 0.3) is 5.78 Å². The number of esters is 1. The van der Waals surface area contributed by atoms with E-state index < -0.39 is 23.5 Å². The van der Waals surface area contributed by atoms with Crippen molar-refractivity contribution in [2.75, 3.05) is 13.2 Å². The van der Waals surface area contributed by atoms with Gasteiger partial charge in [-0.3, -0.25) is 4.79 Å². The smallest absolute Gasteiger partial charge is 0.378 e. The van der Waals surface area contributed by atoms with E-state index in [9.17, 15) is 18.8 Å². The lowest BCUT2D eigenvalue weighted by molar-refractivity contribution is -0.131. The summed E-state index contributed by atoms with van der Waals surface area (Å²) < 4.78 is 29.4. The second-order valence-electron chi connectivity index (χ2n) is 6.14. The molecular formula is C22H17FO7S. The summed E-state index contributed by atoms with van der Waals surface area (Å²) in [5.41, 5.74) is 0.883. The molecule has 0 saturated carbocycles. The number of rotatable bonds is 10. The molecule has 160 valence electrons. The lowest BCUT2D eigenvalue weighted by Gasteiger charge is -2.12. The summed E-state index contributed by atoms with van der Waals surface area (Å²) in [6.45, 7) is 0.298. The molecule has 0 bridgehead atoms. The maximum atomic E-state index is 13.0. The van der Waals surface area contributed by atoms with Crippen molar-refractivity contribution in [1.82, 2.24) is 0 Å². The Kier molecular flexibility index (Phi) is 7.34. The van der Waals surface area contributed by atoms with Crippen LogP contribution in [0.5, 0.6) is 10.8 Å². The van der Waals surface area contributed by atoms with Crippen LogP contribution in [0.4, 0.5) is 4.39 Å². The predicted octanol–water partition coefficient (Wildman–Crippen LogP) is 3.97. The van der Waals surface area contributed by atoms with Crippen molar-refractivity contribution < 1.29 is 38.1 Å². The number of carboxylic acids is 1. The Morgan fingerprint density at radius 1 is 0.903 bits per heavy atom. The maximum Gasteiger partial charge on any atom is 0.378 e. The Morgan fingerprint density at radius 3 is 2.35 bits per heavy atom. The fraction of sp³-hybridized carbons (Fsp3) is 0.136. The molecule has 3 rings (SSSR count). The highest BCUT2D eigenvalue weighted by Gasteiger charge is 2.17. The number of para-hydroxylation sites is 1. The first-order chi connectivity index (χ1) is 14.9. The van der Waals surface area contributed by atoms with Crippen LogP contribution in [0.25, 0.3) is 0 Å². The number of thiophene rings is 1. The van der Waals surface area contributed by atoms with Crippen molar-refractivity contribution in [3.05, 3.63) is 82.5 Å². The highest BCUT2D eigenvalue weighted by atomic mass is 32.1. The summed E-state index contributed by atoms with van der Waals surface area (Å²) in [5, 5.41) is 9.11. The van der Waals surface area contributed by atoms with E-state index in [1.165, 1.54) is 36.4 Å². The summed E-state index contributed by atoms with van der Waals surface area (Å²) in [6, 6.07) is 15.0. The Labute approximate surface area is 180 Å². The standard InChI is InChI=1S/C22H17FO7S/c23-16-7-5-14(6-8-16)22(27)30-13-15-3-1-2-4-17(15)28-11-12-29-19-10-9-18(31-19)20(24)21(25)26/h1-10H,11-13H2,(H,25,26). The molecule has 0 radical (unpaired) electrons. The molecule has 1 heterocycles. The zero-order valence-electron chi connectivity index (χ0n) is 16.1. The van der Waals surface area contributed by atoms with E-state index in [4.69, 9.17) is 19.3 Å². The monoisotopic (exact) mass is 444 g/mol. The minimum Gasteiger partial charge on any atom is -0.490 e. The Balaban J connectivity index is 1.49. The minimum atomic E-state index is -1.52. The number of hydrogen-bond acceptors (Lipinski definition) is 7. The molecule has 31 heavy (non-hydrogen) atoms. The van der Waals surface area contributed by atoms with Crippen molar-refractivity contribution in [3.63, 3.8) is 0 Å². The SMILES string of the molecule is O=C(O)C(=O)c1ccc(OCCOc2ccccc2COC(=O)c2ccc(F)cc2)s1. The molecule has 3 aromatic rings. The topological polar surface area (TPSA) is 99.1 Å². The van der Waals surface area contributed by atoms with Gasteiger partial charge in [-0.2, -0.15) is 0 Å². The molecule has 0 atom stereocenters. The highest BCUT2D eigenvalue weighted by Crippen LogP contribution is 2.25. The van der Waals surface area contributed by atoms with Crippen LogP contribution >= 0.6 is 11.3 Å². The van der Waals surface area contributed by atoms with Crippen LogP contribution in [0.3, 0.4) is 0 Å². The van der Waals surface area contributed by atoms with Gasteiger partial charge in [0.15, 0.2) is 5.06 Å². The fourth-order valence-electron chi connectivity index (χ4n) is 2.50. The number of halogens is 1. The van der Waals surface area contributed by atoms with Crippen LogP contribution in [0.1, 0.15) is 25.6 Å². The quantitative estimate of drug-likeness (QED) is 0.219. The molecule has 0 fully saturated rings. The summed E-state index contributed by atoms with van der Waals surface area (Å²) in [7, 11) is 0. The zero-order valence-corrected chi connectivity index (χ0v) is 16.9. The number of carboxylic acid groups (broad SMARTS) is 1. The van der Waals surface area contributed by atoms with Crippen molar-refractivity contribution in [2.45, 2.75) is 6.61 Å². The Morgan fingerprint density at radius 2 is 1.61 bits per heavy atom. The number of ether oxygens (including phenoxy) is 3. The first kappa shape index (κ1) is 22.0. The largest absolute Gasteiger partial charge is 0.490 e. The molecule has 9 heteroatoms. The zero-order chi connectivity index (χ0) is 22.2. The van der Waals surface area contributed by atoms with Crippen LogP contribution in [0.2, 0.25) is 0 Å². The van der Waals surface area contributed by atoms with E-state index in [0.29, 0.717) is 16.4 Å². The van der Waals surface area contributed by atoms with Crippen molar-refractivity contribution in [2.24, 2.45) is 0 Å². The molecule has 0 spiro atoms. The summed E-state index contributed by atoms with van der Waals surface area (Å²) in [4.78, 5) is 34.3. The second kappa shape index (κ2) is 10.4. The molecule has 0 amide bonds. The molecule has 1 N–H and O–H groups in total. The number of Topliss-reactive ketones (excluding diaryl/α,β-unsaturated/α-hetero) is 1. The third-order valence-electron chi connectivity index (χ3n) is 4.00. The third-order valence-corrected chi connectivity index (χ3v) is 4.99. The van der Waals surface area contributed by atoms with Crippen molar-refractivity contribution in [1.29, 1.82) is 0 Å². The predicted molar refractivity (Wildman–Crippen MR) is 109 cm³/mol. The number of benzene rings is 2. The Bertz CT molecular complexity index is 1080. The number of carbonyl (C=O) groups is 3. The maximum absolute atomic E-state index is 13.0. The first-order valence-corrected chi connectivity index (χ1v) is 9.89. The summed E-state index contributed by atoms with van der Waals surface area (Å²) in [6.07, 6.45) is 0. The minimum absolute atomic E-state index is 0.0289. The number of aliphatic carboxylic acids is 1. The van der Waals surface area contributed by atoms with E-state index in [1.54, 1.807) is 24.3 Å². The third kappa shape index (κ3) is 6.13. The lowest BCUT2D eigenvalue weighted by atomic mass is 10.2. The molecule has 0 aliphatic rings. The number of carbonyl (C=O) groups excluding carboxylic acids is 2. The average Bonchev–Trinajstić information content (AvgIpc) is 3.24. The van der Waals surface area contributed by atoms with E-state index in [2.05, 4.69) is 0 Å². The number of hydrogen-bond donors (Lipinski definition) is 1. The van der Waals surface area contributed by atoms with Crippen LogP contribution < -0.4 is 9.47 Å². The molecule has 0 unspecified atom stereocenters. The second-order valence-corrected chi connectivity index (χ2v) is 7.19. The summed E-state index contributed by atoms with van der Waals surface area (Å²) >= 11 is 0.940. The Hall–Kier alpha value is -3.72.